The summed E-state index contributed by atoms with van der Waals surface area (Å²) >= 11 is 5.85. The number of ether oxygens (including phenoxy) is 1. The van der Waals surface area contributed by atoms with Crippen LogP contribution in [0.4, 0.5) is 4.39 Å². The van der Waals surface area contributed by atoms with Crippen LogP contribution >= 0.6 is 11.6 Å². The summed E-state index contributed by atoms with van der Waals surface area (Å²) in [5.74, 6) is -1.77. The lowest BCUT2D eigenvalue weighted by atomic mass is 10.2. The molecule has 0 saturated heterocycles. The normalized spacial score (nSPS) is 10.3. The van der Waals surface area contributed by atoms with E-state index >= 15 is 0 Å². The van der Waals surface area contributed by atoms with E-state index in [1.165, 1.54) is 36.4 Å². The molecule has 0 spiro atoms. The highest BCUT2D eigenvalue weighted by atomic mass is 35.5. The molecule has 0 aliphatic carbocycles. The molecule has 0 atom stereocenters. The van der Waals surface area contributed by atoms with Crippen molar-refractivity contribution in [3.8, 4) is 11.5 Å². The van der Waals surface area contributed by atoms with Crippen molar-refractivity contribution in [3.63, 3.8) is 0 Å². The predicted molar refractivity (Wildman–Crippen MR) is 70.8 cm³/mol. The lowest BCUT2D eigenvalue weighted by Crippen LogP contribution is -1.99. The van der Waals surface area contributed by atoms with Crippen LogP contribution in [0.25, 0.3) is 0 Å². The van der Waals surface area contributed by atoms with Crippen LogP contribution in [0.15, 0.2) is 36.4 Å². The molecule has 0 amide bonds. The van der Waals surface area contributed by atoms with Gasteiger partial charge >= 0.3 is 5.97 Å². The number of carboxylic acid groups (broad SMARTS) is 1. The summed E-state index contributed by atoms with van der Waals surface area (Å²) in [6, 6.07) is 7.77. The fourth-order valence-electron chi connectivity index (χ4n) is 1.58. The lowest BCUT2D eigenvalue weighted by molar-refractivity contribution is 0.0693. The summed E-state index contributed by atoms with van der Waals surface area (Å²) in [6.45, 7) is 0.0744. The molecule has 4 nitrogen and oxygen atoms in total. The molecular formula is C14H10ClFO4. The second-order valence-electron chi connectivity index (χ2n) is 4.01. The Bertz CT molecular complexity index is 658. The van der Waals surface area contributed by atoms with Crippen molar-refractivity contribution in [2.24, 2.45) is 0 Å². The maximum atomic E-state index is 12.9. The first-order valence-corrected chi connectivity index (χ1v) is 5.98. The van der Waals surface area contributed by atoms with Gasteiger partial charge in [-0.2, -0.15) is 0 Å². The van der Waals surface area contributed by atoms with Crippen LogP contribution in [-0.2, 0) is 6.61 Å². The minimum absolute atomic E-state index is 0.0744. The summed E-state index contributed by atoms with van der Waals surface area (Å²) in [5, 5.41) is 18.5. The molecule has 2 aromatic rings. The van der Waals surface area contributed by atoms with E-state index in [2.05, 4.69) is 0 Å². The van der Waals surface area contributed by atoms with Crippen LogP contribution in [0.5, 0.6) is 11.5 Å². The first-order chi connectivity index (χ1) is 9.47. The molecule has 0 aromatic heterocycles. The third-order valence-electron chi connectivity index (χ3n) is 2.61. The van der Waals surface area contributed by atoms with Gasteiger partial charge in [-0.05, 0) is 24.3 Å². The first-order valence-electron chi connectivity index (χ1n) is 5.60. The summed E-state index contributed by atoms with van der Waals surface area (Å²) in [7, 11) is 0. The van der Waals surface area contributed by atoms with E-state index < -0.39 is 11.8 Å². The summed E-state index contributed by atoms with van der Waals surface area (Å²) in [6.07, 6.45) is 0. The van der Waals surface area contributed by atoms with Crippen LogP contribution in [0.1, 0.15) is 15.9 Å². The molecule has 2 rings (SSSR count). The molecule has 0 unspecified atom stereocenters. The number of carbonyl (C=O) groups is 1. The Kier molecular flexibility index (Phi) is 4.10. The van der Waals surface area contributed by atoms with E-state index in [9.17, 15) is 14.3 Å². The lowest BCUT2D eigenvalue weighted by Gasteiger charge is -2.09. The first kappa shape index (κ1) is 14.1. The number of rotatable bonds is 4. The van der Waals surface area contributed by atoms with Crippen molar-refractivity contribution in [2.75, 3.05) is 0 Å². The third kappa shape index (κ3) is 3.19. The van der Waals surface area contributed by atoms with Gasteiger partial charge in [-0.25, -0.2) is 9.18 Å². The SMILES string of the molecule is O=C(O)c1ccc(OCc2ccc(F)cc2Cl)cc1O. The molecule has 20 heavy (non-hydrogen) atoms. The highest BCUT2D eigenvalue weighted by Gasteiger charge is 2.10. The molecule has 0 aliphatic heterocycles. The zero-order valence-corrected chi connectivity index (χ0v) is 10.9. The number of benzene rings is 2. The van der Waals surface area contributed by atoms with Crippen molar-refractivity contribution in [3.05, 3.63) is 58.4 Å². The Morgan fingerprint density at radius 2 is 2.00 bits per heavy atom. The van der Waals surface area contributed by atoms with Crippen molar-refractivity contribution >= 4 is 17.6 Å². The van der Waals surface area contributed by atoms with Crippen molar-refractivity contribution in [2.45, 2.75) is 6.61 Å². The molecule has 0 radical (unpaired) electrons. The Labute approximate surface area is 119 Å². The Morgan fingerprint density at radius 1 is 1.25 bits per heavy atom. The highest BCUT2D eigenvalue weighted by molar-refractivity contribution is 6.31. The van der Waals surface area contributed by atoms with E-state index in [-0.39, 0.29) is 28.7 Å². The molecular weight excluding hydrogens is 287 g/mol. The molecule has 0 heterocycles. The fraction of sp³-hybridized carbons (Fsp3) is 0.0714. The number of aromatic hydroxyl groups is 1. The Morgan fingerprint density at radius 3 is 2.60 bits per heavy atom. The minimum atomic E-state index is -1.23. The summed E-state index contributed by atoms with van der Waals surface area (Å²) in [5.41, 5.74) is 0.368. The monoisotopic (exact) mass is 296 g/mol. The molecule has 0 saturated carbocycles. The summed E-state index contributed by atoms with van der Waals surface area (Å²) < 4.78 is 18.2. The van der Waals surface area contributed by atoms with Gasteiger partial charge in [-0.1, -0.05) is 17.7 Å². The van der Waals surface area contributed by atoms with Gasteiger partial charge in [0.1, 0.15) is 29.5 Å². The number of hydrogen-bond acceptors (Lipinski definition) is 3. The highest BCUT2D eigenvalue weighted by Crippen LogP contribution is 2.25. The van der Waals surface area contributed by atoms with Gasteiger partial charge in [0.2, 0.25) is 0 Å². The Hall–Kier alpha value is -2.27. The van der Waals surface area contributed by atoms with Crippen molar-refractivity contribution < 1.29 is 24.1 Å². The van der Waals surface area contributed by atoms with E-state index in [1.807, 2.05) is 0 Å². The minimum Gasteiger partial charge on any atom is -0.507 e. The molecule has 0 aliphatic rings. The molecule has 2 N–H and O–H groups in total. The van der Waals surface area contributed by atoms with E-state index in [1.54, 1.807) is 0 Å². The largest absolute Gasteiger partial charge is 0.507 e. The molecule has 0 fully saturated rings. The van der Waals surface area contributed by atoms with E-state index in [0.717, 1.165) is 0 Å². The molecule has 2 aromatic carbocycles. The van der Waals surface area contributed by atoms with Gasteiger partial charge in [-0.15, -0.1) is 0 Å². The fourth-order valence-corrected chi connectivity index (χ4v) is 1.80. The third-order valence-corrected chi connectivity index (χ3v) is 2.96. The van der Waals surface area contributed by atoms with Gasteiger partial charge in [0.05, 0.1) is 5.02 Å². The van der Waals surface area contributed by atoms with Crippen molar-refractivity contribution in [1.29, 1.82) is 0 Å². The quantitative estimate of drug-likeness (QED) is 0.906. The van der Waals surface area contributed by atoms with Gasteiger partial charge in [0.25, 0.3) is 0 Å². The van der Waals surface area contributed by atoms with Gasteiger partial charge in [-0.3, -0.25) is 0 Å². The zero-order valence-electron chi connectivity index (χ0n) is 10.1. The number of hydrogen-bond donors (Lipinski definition) is 2. The Balaban J connectivity index is 2.11. The van der Waals surface area contributed by atoms with Crippen LogP contribution < -0.4 is 4.74 Å². The van der Waals surface area contributed by atoms with Crippen LogP contribution in [0.3, 0.4) is 0 Å². The second kappa shape index (κ2) is 5.79. The average molecular weight is 297 g/mol. The maximum Gasteiger partial charge on any atom is 0.339 e. The van der Waals surface area contributed by atoms with E-state index in [4.69, 9.17) is 21.4 Å². The van der Waals surface area contributed by atoms with Crippen LogP contribution in [0, 0.1) is 5.82 Å². The van der Waals surface area contributed by atoms with Crippen LogP contribution in [-0.4, -0.2) is 16.2 Å². The topological polar surface area (TPSA) is 66.8 Å². The second-order valence-corrected chi connectivity index (χ2v) is 4.42. The van der Waals surface area contributed by atoms with Crippen LogP contribution in [0.2, 0.25) is 5.02 Å². The number of phenols is 1. The van der Waals surface area contributed by atoms with Gasteiger partial charge in [0.15, 0.2) is 0 Å². The number of carboxylic acids is 1. The number of aromatic carboxylic acids is 1. The van der Waals surface area contributed by atoms with Crippen molar-refractivity contribution in [1.82, 2.24) is 0 Å². The standard InChI is InChI=1S/C14H10ClFO4/c15-12-5-9(16)2-1-8(12)7-20-10-3-4-11(14(18)19)13(17)6-10/h1-6,17H,7H2,(H,18,19). The molecule has 0 bridgehead atoms. The maximum absolute atomic E-state index is 12.9. The molecule has 104 valence electrons. The molecule has 6 heteroatoms. The summed E-state index contributed by atoms with van der Waals surface area (Å²) in [4.78, 5) is 10.7. The number of halogens is 2. The van der Waals surface area contributed by atoms with E-state index in [0.29, 0.717) is 5.56 Å². The van der Waals surface area contributed by atoms with Gasteiger partial charge < -0.3 is 14.9 Å². The average Bonchev–Trinajstić information content (AvgIpc) is 2.37. The zero-order chi connectivity index (χ0) is 14.7. The predicted octanol–water partition coefficient (Wildman–Crippen LogP) is 3.46. The van der Waals surface area contributed by atoms with Gasteiger partial charge in [0, 0.05) is 11.6 Å². The smallest absolute Gasteiger partial charge is 0.339 e.